The Morgan fingerprint density at radius 3 is 2.56 bits per heavy atom. The molecular formula is C17H23N7O. The fraction of sp³-hybridized carbons (Fsp3) is 0.471. The van der Waals surface area contributed by atoms with Gasteiger partial charge in [-0.05, 0) is 51.3 Å². The topological polar surface area (TPSA) is 109 Å². The van der Waals surface area contributed by atoms with Crippen molar-refractivity contribution in [1.29, 1.82) is 0 Å². The lowest BCUT2D eigenvalue weighted by molar-refractivity contribution is 0.102. The predicted molar refractivity (Wildman–Crippen MR) is 97.0 cm³/mol. The van der Waals surface area contributed by atoms with Crippen LogP contribution in [0.25, 0.3) is 10.4 Å². The molecule has 1 N–H and O–H groups in total. The van der Waals surface area contributed by atoms with Crippen LogP contribution in [0, 0.1) is 6.92 Å². The summed E-state index contributed by atoms with van der Waals surface area (Å²) in [5.74, 6) is -0.0895. The van der Waals surface area contributed by atoms with E-state index in [-0.39, 0.29) is 17.4 Å². The van der Waals surface area contributed by atoms with Crippen LogP contribution in [0.5, 0.6) is 0 Å². The quantitative estimate of drug-likeness (QED) is 0.496. The first-order valence-corrected chi connectivity index (χ1v) is 8.07. The van der Waals surface area contributed by atoms with Gasteiger partial charge in [0.05, 0.1) is 23.1 Å². The SMILES string of the molecule is Cc1ncc(NC(=O)c2cc(C(C)C)n(C(C)(C)C)n2)cc1N=[N+]=[N-]. The van der Waals surface area contributed by atoms with Crippen molar-refractivity contribution in [2.24, 2.45) is 5.11 Å². The first kappa shape index (κ1) is 18.5. The van der Waals surface area contributed by atoms with Gasteiger partial charge in [-0.15, -0.1) is 0 Å². The van der Waals surface area contributed by atoms with E-state index in [1.807, 2.05) is 25.5 Å². The summed E-state index contributed by atoms with van der Waals surface area (Å²) in [7, 11) is 0. The first-order valence-electron chi connectivity index (χ1n) is 8.07. The van der Waals surface area contributed by atoms with Gasteiger partial charge in [-0.1, -0.05) is 19.0 Å². The molecule has 0 saturated carbocycles. The molecule has 132 valence electrons. The maximum atomic E-state index is 12.6. The average molecular weight is 341 g/mol. The molecule has 2 aromatic rings. The van der Waals surface area contributed by atoms with Crippen LogP contribution in [0.2, 0.25) is 0 Å². The standard InChI is InChI=1S/C17H23N7O/c1-10(2)15-8-14(22-24(15)17(4,5)6)16(25)20-12-7-13(21-23-18)11(3)19-9-12/h7-10H,1-6H3,(H,20,25). The van der Waals surface area contributed by atoms with Gasteiger partial charge in [0.2, 0.25) is 0 Å². The highest BCUT2D eigenvalue weighted by molar-refractivity contribution is 6.03. The second-order valence-electron chi connectivity index (χ2n) is 7.16. The summed E-state index contributed by atoms with van der Waals surface area (Å²) in [6, 6.07) is 3.39. The summed E-state index contributed by atoms with van der Waals surface area (Å²) in [4.78, 5) is 19.5. The van der Waals surface area contributed by atoms with Crippen molar-refractivity contribution in [1.82, 2.24) is 14.8 Å². The smallest absolute Gasteiger partial charge is 0.276 e. The second-order valence-corrected chi connectivity index (χ2v) is 7.16. The molecule has 0 aromatic carbocycles. The van der Waals surface area contributed by atoms with Crippen LogP contribution in [0.4, 0.5) is 11.4 Å². The molecule has 0 spiro atoms. The number of nitrogens with one attached hydrogen (secondary N) is 1. The Kier molecular flexibility index (Phi) is 5.13. The second kappa shape index (κ2) is 6.94. The first-order chi connectivity index (χ1) is 11.6. The summed E-state index contributed by atoms with van der Waals surface area (Å²) < 4.78 is 1.88. The number of pyridine rings is 1. The minimum absolute atomic E-state index is 0.224. The molecule has 8 heteroatoms. The molecule has 0 aliphatic rings. The number of hydrogen-bond donors (Lipinski definition) is 1. The van der Waals surface area contributed by atoms with Crippen molar-refractivity contribution in [2.45, 2.75) is 53.0 Å². The van der Waals surface area contributed by atoms with Crippen LogP contribution in [0.1, 0.15) is 62.4 Å². The van der Waals surface area contributed by atoms with Crippen molar-refractivity contribution in [2.75, 3.05) is 5.32 Å². The zero-order valence-corrected chi connectivity index (χ0v) is 15.4. The Morgan fingerprint density at radius 2 is 2.04 bits per heavy atom. The normalized spacial score (nSPS) is 11.3. The molecule has 2 rings (SSSR count). The van der Waals surface area contributed by atoms with E-state index in [2.05, 4.69) is 39.3 Å². The molecule has 2 heterocycles. The molecule has 0 bridgehead atoms. The minimum atomic E-state index is -0.331. The molecule has 0 aliphatic heterocycles. The third kappa shape index (κ3) is 4.16. The van der Waals surface area contributed by atoms with Crippen LogP contribution < -0.4 is 5.32 Å². The van der Waals surface area contributed by atoms with Gasteiger partial charge in [0.25, 0.3) is 5.91 Å². The Balaban J connectivity index is 2.33. The monoisotopic (exact) mass is 341 g/mol. The Morgan fingerprint density at radius 1 is 1.36 bits per heavy atom. The molecule has 0 aliphatic carbocycles. The maximum Gasteiger partial charge on any atom is 0.276 e. The van der Waals surface area contributed by atoms with Gasteiger partial charge in [-0.3, -0.25) is 14.5 Å². The number of hydrogen-bond acceptors (Lipinski definition) is 4. The lowest BCUT2D eigenvalue weighted by Gasteiger charge is -2.23. The molecule has 0 atom stereocenters. The number of carbonyl (C=O) groups is 1. The zero-order valence-electron chi connectivity index (χ0n) is 15.4. The lowest BCUT2D eigenvalue weighted by Crippen LogP contribution is -2.26. The van der Waals surface area contributed by atoms with Crippen LogP contribution in [-0.4, -0.2) is 20.7 Å². The van der Waals surface area contributed by atoms with Gasteiger partial charge in [-0.2, -0.15) is 5.10 Å². The highest BCUT2D eigenvalue weighted by atomic mass is 16.2. The number of aromatic nitrogens is 3. The van der Waals surface area contributed by atoms with Crippen LogP contribution in [-0.2, 0) is 5.54 Å². The molecular weight excluding hydrogens is 318 g/mol. The number of carbonyl (C=O) groups excluding carboxylic acids is 1. The fourth-order valence-electron chi connectivity index (χ4n) is 2.39. The summed E-state index contributed by atoms with van der Waals surface area (Å²) >= 11 is 0. The number of azide groups is 1. The molecule has 1 amide bonds. The zero-order chi connectivity index (χ0) is 18.8. The van der Waals surface area contributed by atoms with Crippen molar-refractivity contribution >= 4 is 17.3 Å². The van der Waals surface area contributed by atoms with Gasteiger partial charge < -0.3 is 5.32 Å². The van der Waals surface area contributed by atoms with E-state index in [9.17, 15) is 4.79 Å². The van der Waals surface area contributed by atoms with E-state index < -0.39 is 0 Å². The fourth-order valence-corrected chi connectivity index (χ4v) is 2.39. The Bertz CT molecular complexity index is 839. The third-order valence-electron chi connectivity index (χ3n) is 3.67. The van der Waals surface area contributed by atoms with Crippen molar-refractivity contribution in [3.05, 3.63) is 45.9 Å². The van der Waals surface area contributed by atoms with E-state index in [0.29, 0.717) is 22.8 Å². The average Bonchev–Trinajstić information content (AvgIpc) is 2.97. The van der Waals surface area contributed by atoms with E-state index >= 15 is 0 Å². The molecule has 0 fully saturated rings. The highest BCUT2D eigenvalue weighted by Gasteiger charge is 2.23. The van der Waals surface area contributed by atoms with E-state index in [0.717, 1.165) is 5.69 Å². The molecule has 8 nitrogen and oxygen atoms in total. The summed E-state index contributed by atoms with van der Waals surface area (Å²) in [6.45, 7) is 12.0. The van der Waals surface area contributed by atoms with E-state index in [1.165, 1.54) is 6.20 Å². The van der Waals surface area contributed by atoms with Crippen molar-refractivity contribution < 1.29 is 4.79 Å². The molecule has 25 heavy (non-hydrogen) atoms. The van der Waals surface area contributed by atoms with E-state index in [1.54, 1.807) is 19.1 Å². The van der Waals surface area contributed by atoms with Gasteiger partial charge >= 0.3 is 0 Å². The summed E-state index contributed by atoms with van der Waals surface area (Å²) in [5, 5.41) is 10.8. The summed E-state index contributed by atoms with van der Waals surface area (Å²) in [6.07, 6.45) is 1.52. The van der Waals surface area contributed by atoms with Crippen molar-refractivity contribution in [3.63, 3.8) is 0 Å². The maximum absolute atomic E-state index is 12.6. The van der Waals surface area contributed by atoms with Gasteiger partial charge in [0, 0.05) is 16.3 Å². The molecule has 0 saturated heterocycles. The molecule has 0 radical (unpaired) electrons. The number of rotatable bonds is 4. The van der Waals surface area contributed by atoms with E-state index in [4.69, 9.17) is 5.53 Å². The van der Waals surface area contributed by atoms with Gasteiger partial charge in [-0.25, -0.2) is 0 Å². The molecule has 2 aromatic heterocycles. The summed E-state index contributed by atoms with van der Waals surface area (Å²) in [5.41, 5.74) is 11.1. The number of nitrogens with zero attached hydrogens (tertiary/aromatic N) is 6. The number of amides is 1. The number of anilines is 1. The number of aryl methyl sites for hydroxylation is 1. The predicted octanol–water partition coefficient (Wildman–Crippen LogP) is 4.66. The largest absolute Gasteiger partial charge is 0.319 e. The van der Waals surface area contributed by atoms with Crippen LogP contribution in [0.3, 0.4) is 0 Å². The lowest BCUT2D eigenvalue weighted by atomic mass is 10.1. The Hall–Kier alpha value is -2.86. The Labute approximate surface area is 146 Å². The van der Waals surface area contributed by atoms with Gasteiger partial charge in [0.15, 0.2) is 5.69 Å². The van der Waals surface area contributed by atoms with Crippen molar-refractivity contribution in [3.8, 4) is 0 Å². The van der Waals surface area contributed by atoms with Gasteiger partial charge in [0.1, 0.15) is 0 Å². The highest BCUT2D eigenvalue weighted by Crippen LogP contribution is 2.25. The third-order valence-corrected chi connectivity index (χ3v) is 3.67. The van der Waals surface area contributed by atoms with Crippen LogP contribution in [0.15, 0.2) is 23.4 Å². The molecule has 0 unspecified atom stereocenters. The van der Waals surface area contributed by atoms with Crippen LogP contribution >= 0.6 is 0 Å². The minimum Gasteiger partial charge on any atom is -0.319 e.